The number of hydrogen-bond donors (Lipinski definition) is 2. The molecular formula is C28H50N2O6. The SMILES string of the molecule is C=C(C)C(=O)OCCOC(=O)NC[C@@]1(C)C[C@H](NC(=O)OCCCCCCCCCC)CC(C)(C)C1. The van der Waals surface area contributed by atoms with Crippen LogP contribution in [-0.2, 0) is 19.0 Å². The summed E-state index contributed by atoms with van der Waals surface area (Å²) in [7, 11) is 0. The second-order valence-corrected chi connectivity index (χ2v) is 11.4. The van der Waals surface area contributed by atoms with Crippen LogP contribution in [0.1, 0.15) is 105 Å². The van der Waals surface area contributed by atoms with Gasteiger partial charge in [0.25, 0.3) is 0 Å². The summed E-state index contributed by atoms with van der Waals surface area (Å²) in [6.45, 7) is 14.6. The first kappa shape index (κ1) is 31.8. The zero-order chi connectivity index (χ0) is 27.0. The molecule has 1 aliphatic carbocycles. The smallest absolute Gasteiger partial charge is 0.407 e. The maximum Gasteiger partial charge on any atom is 0.407 e. The second kappa shape index (κ2) is 16.5. The Bertz CT molecular complexity index is 708. The molecule has 0 aliphatic heterocycles. The molecule has 0 saturated heterocycles. The lowest BCUT2D eigenvalue weighted by Gasteiger charge is -2.46. The van der Waals surface area contributed by atoms with Crippen molar-refractivity contribution in [1.82, 2.24) is 10.6 Å². The number of carbonyl (C=O) groups is 3. The quantitative estimate of drug-likeness (QED) is 0.110. The van der Waals surface area contributed by atoms with Crippen LogP contribution in [0.3, 0.4) is 0 Å². The summed E-state index contributed by atoms with van der Waals surface area (Å²) < 4.78 is 15.4. The van der Waals surface area contributed by atoms with Gasteiger partial charge in [-0.25, -0.2) is 14.4 Å². The van der Waals surface area contributed by atoms with Crippen molar-refractivity contribution >= 4 is 18.2 Å². The monoisotopic (exact) mass is 510 g/mol. The highest BCUT2D eigenvalue weighted by Gasteiger charge is 2.42. The molecule has 208 valence electrons. The van der Waals surface area contributed by atoms with Gasteiger partial charge in [-0.15, -0.1) is 0 Å². The fourth-order valence-corrected chi connectivity index (χ4v) is 5.21. The van der Waals surface area contributed by atoms with Gasteiger partial charge in [0.1, 0.15) is 13.2 Å². The van der Waals surface area contributed by atoms with Gasteiger partial charge in [0.05, 0.1) is 6.61 Å². The van der Waals surface area contributed by atoms with E-state index in [1.165, 1.54) is 38.5 Å². The predicted octanol–water partition coefficient (Wildman–Crippen LogP) is 6.28. The number of nitrogens with one attached hydrogen (secondary N) is 2. The van der Waals surface area contributed by atoms with E-state index < -0.39 is 12.1 Å². The molecule has 1 saturated carbocycles. The summed E-state index contributed by atoms with van der Waals surface area (Å²) in [5, 5.41) is 5.87. The van der Waals surface area contributed by atoms with E-state index in [0.717, 1.165) is 32.1 Å². The Morgan fingerprint density at radius 1 is 0.833 bits per heavy atom. The lowest BCUT2D eigenvalue weighted by molar-refractivity contribution is -0.139. The highest BCUT2D eigenvalue weighted by molar-refractivity contribution is 5.86. The number of alkyl carbamates (subject to hydrolysis) is 2. The molecule has 36 heavy (non-hydrogen) atoms. The fourth-order valence-electron chi connectivity index (χ4n) is 5.21. The highest BCUT2D eigenvalue weighted by Crippen LogP contribution is 2.45. The number of rotatable bonds is 16. The van der Waals surface area contributed by atoms with Gasteiger partial charge < -0.3 is 24.8 Å². The van der Waals surface area contributed by atoms with Gasteiger partial charge in [0, 0.05) is 18.2 Å². The molecule has 0 spiro atoms. The summed E-state index contributed by atoms with van der Waals surface area (Å²) in [5.74, 6) is -0.508. The molecule has 1 aliphatic rings. The van der Waals surface area contributed by atoms with Crippen LogP contribution in [0.4, 0.5) is 9.59 Å². The lowest BCUT2D eigenvalue weighted by Crippen LogP contribution is -2.50. The molecule has 0 bridgehead atoms. The van der Waals surface area contributed by atoms with Crippen LogP contribution < -0.4 is 10.6 Å². The number of ether oxygens (including phenoxy) is 3. The molecule has 8 heteroatoms. The number of carbonyl (C=O) groups excluding carboxylic acids is 3. The third-order valence-electron chi connectivity index (χ3n) is 6.55. The minimum absolute atomic E-state index is 0.00502. The van der Waals surface area contributed by atoms with E-state index in [0.29, 0.717) is 18.7 Å². The molecule has 2 N–H and O–H groups in total. The Hall–Kier alpha value is -2.25. The summed E-state index contributed by atoms with van der Waals surface area (Å²) in [5.41, 5.74) is 0.0982. The molecule has 2 atom stereocenters. The Kier molecular flexibility index (Phi) is 14.6. The van der Waals surface area contributed by atoms with E-state index in [9.17, 15) is 14.4 Å². The Labute approximate surface area is 218 Å². The van der Waals surface area contributed by atoms with Crippen LogP contribution in [0, 0.1) is 10.8 Å². The lowest BCUT2D eigenvalue weighted by atomic mass is 9.62. The Morgan fingerprint density at radius 3 is 2.06 bits per heavy atom. The molecule has 0 aromatic carbocycles. The zero-order valence-electron chi connectivity index (χ0n) is 23.3. The van der Waals surface area contributed by atoms with Gasteiger partial charge in [-0.1, -0.05) is 79.2 Å². The van der Waals surface area contributed by atoms with E-state index in [2.05, 4.69) is 44.9 Å². The van der Waals surface area contributed by atoms with Gasteiger partial charge in [-0.05, 0) is 43.4 Å². The first-order chi connectivity index (χ1) is 17.0. The van der Waals surface area contributed by atoms with Gasteiger partial charge >= 0.3 is 18.2 Å². The highest BCUT2D eigenvalue weighted by atomic mass is 16.6. The van der Waals surface area contributed by atoms with Crippen LogP contribution in [0.25, 0.3) is 0 Å². The third-order valence-corrected chi connectivity index (χ3v) is 6.55. The zero-order valence-corrected chi connectivity index (χ0v) is 23.3. The van der Waals surface area contributed by atoms with E-state index in [1.807, 2.05) is 0 Å². The van der Waals surface area contributed by atoms with Crippen LogP contribution >= 0.6 is 0 Å². The second-order valence-electron chi connectivity index (χ2n) is 11.4. The first-order valence-corrected chi connectivity index (χ1v) is 13.6. The maximum atomic E-state index is 12.4. The molecule has 1 fully saturated rings. The van der Waals surface area contributed by atoms with Crippen molar-refractivity contribution in [2.24, 2.45) is 10.8 Å². The molecule has 2 amide bonds. The molecule has 1 rings (SSSR count). The first-order valence-electron chi connectivity index (χ1n) is 13.6. The van der Waals surface area contributed by atoms with E-state index in [4.69, 9.17) is 14.2 Å². The topological polar surface area (TPSA) is 103 Å². The number of hydrogen-bond acceptors (Lipinski definition) is 6. The number of unbranched alkanes of at least 4 members (excludes halogenated alkanes) is 7. The van der Waals surface area contributed by atoms with Gasteiger partial charge in [0.15, 0.2) is 0 Å². The van der Waals surface area contributed by atoms with E-state index >= 15 is 0 Å². The summed E-state index contributed by atoms with van der Waals surface area (Å²) in [6, 6.07) is -0.0239. The average Bonchev–Trinajstić information content (AvgIpc) is 2.78. The third kappa shape index (κ3) is 14.3. The minimum Gasteiger partial charge on any atom is -0.459 e. The van der Waals surface area contributed by atoms with Crippen molar-refractivity contribution in [3.05, 3.63) is 12.2 Å². The largest absolute Gasteiger partial charge is 0.459 e. The van der Waals surface area contributed by atoms with Crippen molar-refractivity contribution in [2.45, 2.75) is 111 Å². The normalized spacial score (nSPS) is 20.8. The van der Waals surface area contributed by atoms with Crippen LogP contribution in [-0.4, -0.2) is 50.6 Å². The Morgan fingerprint density at radius 2 is 1.42 bits per heavy atom. The summed E-state index contributed by atoms with van der Waals surface area (Å²) in [6.07, 6.45) is 11.2. The molecule has 0 heterocycles. The van der Waals surface area contributed by atoms with Crippen LogP contribution in [0.5, 0.6) is 0 Å². The summed E-state index contributed by atoms with van der Waals surface area (Å²) in [4.78, 5) is 35.8. The van der Waals surface area contributed by atoms with Crippen molar-refractivity contribution in [1.29, 1.82) is 0 Å². The molecule has 0 unspecified atom stereocenters. The van der Waals surface area contributed by atoms with Gasteiger partial charge in [-0.3, -0.25) is 0 Å². The van der Waals surface area contributed by atoms with E-state index in [-0.39, 0.29) is 36.2 Å². The number of amides is 2. The van der Waals surface area contributed by atoms with Crippen molar-refractivity contribution < 1.29 is 28.6 Å². The van der Waals surface area contributed by atoms with Crippen molar-refractivity contribution in [3.8, 4) is 0 Å². The molecule has 0 radical (unpaired) electrons. The van der Waals surface area contributed by atoms with Gasteiger partial charge in [-0.2, -0.15) is 0 Å². The predicted molar refractivity (Wildman–Crippen MR) is 142 cm³/mol. The van der Waals surface area contributed by atoms with Crippen molar-refractivity contribution in [2.75, 3.05) is 26.4 Å². The average molecular weight is 511 g/mol. The fraction of sp³-hybridized carbons (Fsp3) is 0.821. The van der Waals surface area contributed by atoms with Crippen LogP contribution in [0.15, 0.2) is 12.2 Å². The minimum atomic E-state index is -0.555. The standard InChI is InChI=1S/C28H50N2O6/c1-7-8-9-10-11-12-13-14-15-35-26(33)30-23-18-27(4,5)20-28(6,19-23)21-29-25(32)36-17-16-34-24(31)22(2)3/h23H,2,7-21H2,1,3-6H3,(H,29,32)(H,30,33)/t23-,28+/m1/s1. The van der Waals surface area contributed by atoms with Crippen molar-refractivity contribution in [3.63, 3.8) is 0 Å². The maximum absolute atomic E-state index is 12.4. The van der Waals surface area contributed by atoms with Gasteiger partial charge in [0.2, 0.25) is 0 Å². The van der Waals surface area contributed by atoms with Crippen LogP contribution in [0.2, 0.25) is 0 Å². The van der Waals surface area contributed by atoms with E-state index in [1.54, 1.807) is 6.92 Å². The molecule has 8 nitrogen and oxygen atoms in total. The molecule has 0 aromatic heterocycles. The molecule has 0 aromatic rings. The number of esters is 1. The molecular weight excluding hydrogens is 460 g/mol. The summed E-state index contributed by atoms with van der Waals surface area (Å²) >= 11 is 0. The Balaban J connectivity index is 2.33.